The van der Waals surface area contributed by atoms with Gasteiger partial charge in [0, 0.05) is 24.6 Å². The SMILES string of the molecule is CNC(=O)c1ccc(Cl)c(NCC2(CO)CCCCC2)c1. The lowest BCUT2D eigenvalue weighted by Crippen LogP contribution is -2.35. The third-order valence-electron chi connectivity index (χ3n) is 4.36. The summed E-state index contributed by atoms with van der Waals surface area (Å²) in [6.45, 7) is 0.868. The Morgan fingerprint density at radius 2 is 2.05 bits per heavy atom. The van der Waals surface area contributed by atoms with Crippen molar-refractivity contribution in [2.45, 2.75) is 32.1 Å². The van der Waals surface area contributed by atoms with Crippen molar-refractivity contribution in [3.8, 4) is 0 Å². The van der Waals surface area contributed by atoms with Gasteiger partial charge in [-0.1, -0.05) is 30.9 Å². The number of carbonyl (C=O) groups is 1. The zero-order valence-corrected chi connectivity index (χ0v) is 13.2. The molecule has 0 unspecified atom stereocenters. The molecule has 1 fully saturated rings. The number of halogens is 1. The Bertz CT molecular complexity index is 499. The fraction of sp³-hybridized carbons (Fsp3) is 0.562. The van der Waals surface area contributed by atoms with Crippen LogP contribution in [0.2, 0.25) is 5.02 Å². The molecule has 0 atom stereocenters. The molecule has 0 aliphatic heterocycles. The molecular weight excluding hydrogens is 288 g/mol. The van der Waals surface area contributed by atoms with E-state index < -0.39 is 0 Å². The third kappa shape index (κ3) is 3.89. The molecule has 1 saturated carbocycles. The summed E-state index contributed by atoms with van der Waals surface area (Å²) in [7, 11) is 1.60. The van der Waals surface area contributed by atoms with Crippen molar-refractivity contribution in [1.29, 1.82) is 0 Å². The zero-order chi connectivity index (χ0) is 15.3. The van der Waals surface area contributed by atoms with Gasteiger partial charge in [-0.2, -0.15) is 0 Å². The highest BCUT2D eigenvalue weighted by Crippen LogP contribution is 2.36. The summed E-state index contributed by atoms with van der Waals surface area (Å²) in [6.07, 6.45) is 5.63. The van der Waals surface area contributed by atoms with Crippen LogP contribution in [0.3, 0.4) is 0 Å². The first-order valence-electron chi connectivity index (χ1n) is 7.47. The summed E-state index contributed by atoms with van der Waals surface area (Å²) in [6, 6.07) is 5.19. The molecule has 2 rings (SSSR count). The topological polar surface area (TPSA) is 61.4 Å². The first kappa shape index (κ1) is 16.1. The van der Waals surface area contributed by atoms with Gasteiger partial charge >= 0.3 is 0 Å². The van der Waals surface area contributed by atoms with Crippen LogP contribution >= 0.6 is 11.6 Å². The molecule has 21 heavy (non-hydrogen) atoms. The number of aliphatic hydroxyl groups is 1. The molecular formula is C16H23ClN2O2. The van der Waals surface area contributed by atoms with Crippen molar-refractivity contribution < 1.29 is 9.90 Å². The fourth-order valence-electron chi connectivity index (χ4n) is 2.92. The van der Waals surface area contributed by atoms with Crippen LogP contribution in [0.4, 0.5) is 5.69 Å². The third-order valence-corrected chi connectivity index (χ3v) is 4.69. The molecule has 5 heteroatoms. The molecule has 0 aromatic heterocycles. The number of hydrogen-bond acceptors (Lipinski definition) is 3. The molecule has 1 amide bonds. The Kier molecular flexibility index (Phi) is 5.48. The average molecular weight is 311 g/mol. The number of rotatable bonds is 5. The Labute approximate surface area is 130 Å². The van der Waals surface area contributed by atoms with E-state index in [1.54, 1.807) is 25.2 Å². The molecule has 1 aromatic rings. The molecule has 4 nitrogen and oxygen atoms in total. The summed E-state index contributed by atoms with van der Waals surface area (Å²) in [5.74, 6) is -0.135. The predicted molar refractivity (Wildman–Crippen MR) is 85.9 cm³/mol. The largest absolute Gasteiger partial charge is 0.396 e. The van der Waals surface area contributed by atoms with E-state index in [1.807, 2.05) is 0 Å². The highest BCUT2D eigenvalue weighted by Gasteiger charge is 2.31. The molecule has 0 radical (unpaired) electrons. The monoisotopic (exact) mass is 310 g/mol. The van der Waals surface area contributed by atoms with Gasteiger partial charge in [-0.25, -0.2) is 0 Å². The minimum Gasteiger partial charge on any atom is -0.396 e. The Morgan fingerprint density at radius 1 is 1.33 bits per heavy atom. The van der Waals surface area contributed by atoms with Crippen LogP contribution in [-0.2, 0) is 0 Å². The predicted octanol–water partition coefficient (Wildman–Crippen LogP) is 3.05. The van der Waals surface area contributed by atoms with Crippen LogP contribution in [0.25, 0.3) is 0 Å². The molecule has 0 bridgehead atoms. The smallest absolute Gasteiger partial charge is 0.251 e. The molecule has 1 aliphatic rings. The molecule has 1 aromatic carbocycles. The second-order valence-corrected chi connectivity index (χ2v) is 6.25. The lowest BCUT2D eigenvalue weighted by atomic mass is 9.74. The summed E-state index contributed by atoms with van der Waals surface area (Å²) in [4.78, 5) is 11.7. The van der Waals surface area contributed by atoms with E-state index in [2.05, 4.69) is 10.6 Å². The maximum absolute atomic E-state index is 11.7. The maximum atomic E-state index is 11.7. The van der Waals surface area contributed by atoms with Crippen LogP contribution < -0.4 is 10.6 Å². The van der Waals surface area contributed by atoms with Gasteiger partial charge in [-0.05, 0) is 31.0 Å². The number of anilines is 1. The van der Waals surface area contributed by atoms with Gasteiger partial charge in [-0.15, -0.1) is 0 Å². The number of amides is 1. The van der Waals surface area contributed by atoms with Gasteiger partial charge < -0.3 is 15.7 Å². The Morgan fingerprint density at radius 3 is 2.67 bits per heavy atom. The molecule has 0 heterocycles. The van der Waals surface area contributed by atoms with Crippen molar-refractivity contribution in [2.75, 3.05) is 25.5 Å². The Balaban J connectivity index is 2.09. The molecule has 0 saturated heterocycles. The first-order valence-corrected chi connectivity index (χ1v) is 7.84. The fourth-order valence-corrected chi connectivity index (χ4v) is 3.11. The van der Waals surface area contributed by atoms with E-state index in [4.69, 9.17) is 11.6 Å². The minimum absolute atomic E-state index is 0.0649. The number of hydrogen-bond donors (Lipinski definition) is 3. The zero-order valence-electron chi connectivity index (χ0n) is 12.4. The summed E-state index contributed by atoms with van der Waals surface area (Å²) >= 11 is 6.19. The Hall–Kier alpha value is -1.26. The normalized spacial score (nSPS) is 17.3. The lowest BCUT2D eigenvalue weighted by Gasteiger charge is -2.36. The van der Waals surface area contributed by atoms with Crippen LogP contribution in [-0.4, -0.2) is 31.2 Å². The van der Waals surface area contributed by atoms with Crippen LogP contribution in [0.5, 0.6) is 0 Å². The van der Waals surface area contributed by atoms with Crippen LogP contribution in [0.1, 0.15) is 42.5 Å². The van der Waals surface area contributed by atoms with Gasteiger partial charge in [0.25, 0.3) is 5.91 Å². The highest BCUT2D eigenvalue weighted by molar-refractivity contribution is 6.33. The van der Waals surface area contributed by atoms with E-state index in [-0.39, 0.29) is 17.9 Å². The van der Waals surface area contributed by atoms with E-state index in [9.17, 15) is 9.90 Å². The quantitative estimate of drug-likeness (QED) is 0.783. The first-order chi connectivity index (χ1) is 10.1. The molecule has 116 valence electrons. The summed E-state index contributed by atoms with van der Waals surface area (Å²) in [5, 5.41) is 16.2. The van der Waals surface area contributed by atoms with Crippen LogP contribution in [0, 0.1) is 5.41 Å². The number of nitrogens with one attached hydrogen (secondary N) is 2. The maximum Gasteiger partial charge on any atom is 0.251 e. The summed E-state index contributed by atoms with van der Waals surface area (Å²) in [5.41, 5.74) is 1.26. The lowest BCUT2D eigenvalue weighted by molar-refractivity contribution is 0.0943. The molecule has 3 N–H and O–H groups in total. The number of aliphatic hydroxyl groups excluding tert-OH is 1. The van der Waals surface area contributed by atoms with Gasteiger partial charge in [0.05, 0.1) is 17.3 Å². The van der Waals surface area contributed by atoms with E-state index in [1.165, 1.54) is 6.42 Å². The van der Waals surface area contributed by atoms with E-state index >= 15 is 0 Å². The highest BCUT2D eigenvalue weighted by atomic mass is 35.5. The second kappa shape index (κ2) is 7.14. The number of benzene rings is 1. The second-order valence-electron chi connectivity index (χ2n) is 5.85. The van der Waals surface area contributed by atoms with E-state index in [0.717, 1.165) is 31.4 Å². The van der Waals surface area contributed by atoms with Crippen molar-refractivity contribution in [3.05, 3.63) is 28.8 Å². The standard InChI is InChI=1S/C16H23ClN2O2/c1-18-15(21)12-5-6-13(17)14(9-12)19-10-16(11-20)7-3-2-4-8-16/h5-6,9,19-20H,2-4,7-8,10-11H2,1H3,(H,18,21). The van der Waals surface area contributed by atoms with Crippen molar-refractivity contribution in [2.24, 2.45) is 5.41 Å². The van der Waals surface area contributed by atoms with Crippen LogP contribution in [0.15, 0.2) is 18.2 Å². The van der Waals surface area contributed by atoms with Crippen molar-refractivity contribution in [1.82, 2.24) is 5.32 Å². The minimum atomic E-state index is -0.135. The van der Waals surface area contributed by atoms with Gasteiger partial charge in [0.2, 0.25) is 0 Å². The number of carbonyl (C=O) groups excluding carboxylic acids is 1. The molecule has 0 spiro atoms. The van der Waals surface area contributed by atoms with Gasteiger partial charge in [0.1, 0.15) is 0 Å². The molecule has 1 aliphatic carbocycles. The van der Waals surface area contributed by atoms with Gasteiger partial charge in [-0.3, -0.25) is 4.79 Å². The van der Waals surface area contributed by atoms with E-state index in [0.29, 0.717) is 17.1 Å². The van der Waals surface area contributed by atoms with Crippen molar-refractivity contribution in [3.63, 3.8) is 0 Å². The average Bonchev–Trinajstić information content (AvgIpc) is 2.54. The van der Waals surface area contributed by atoms with Crippen molar-refractivity contribution >= 4 is 23.2 Å². The van der Waals surface area contributed by atoms with Gasteiger partial charge in [0.15, 0.2) is 0 Å². The summed E-state index contributed by atoms with van der Waals surface area (Å²) < 4.78 is 0.